The van der Waals surface area contributed by atoms with Crippen LogP contribution < -0.4 is 5.32 Å². The number of nitrogens with one attached hydrogen (secondary N) is 1. The zero-order valence-electron chi connectivity index (χ0n) is 8.45. The van der Waals surface area contributed by atoms with E-state index in [1.165, 1.54) is 6.08 Å². The van der Waals surface area contributed by atoms with Crippen LogP contribution in [0, 0.1) is 0 Å². The highest BCUT2D eigenvalue weighted by Gasteiger charge is 2.25. The standard InChI is InChI=1S/C10H16N2O2/c1-3-9(13)11-8-5-6-12(7-8)10(14)4-2/h4,8H,2-3,5-7H2,1H3,(H,11,13). The average Bonchev–Trinajstić information content (AvgIpc) is 2.65. The lowest BCUT2D eigenvalue weighted by Crippen LogP contribution is -2.37. The molecule has 2 amide bonds. The Morgan fingerprint density at radius 2 is 2.36 bits per heavy atom. The van der Waals surface area contributed by atoms with Crippen LogP contribution in [0.3, 0.4) is 0 Å². The third-order valence-corrected chi connectivity index (χ3v) is 2.36. The molecule has 0 aliphatic carbocycles. The molecule has 1 heterocycles. The van der Waals surface area contributed by atoms with Gasteiger partial charge in [0.2, 0.25) is 11.8 Å². The lowest BCUT2D eigenvalue weighted by Gasteiger charge is -2.14. The zero-order chi connectivity index (χ0) is 10.6. The van der Waals surface area contributed by atoms with Crippen molar-refractivity contribution in [3.63, 3.8) is 0 Å². The summed E-state index contributed by atoms with van der Waals surface area (Å²) in [6, 6.07) is 0.117. The quantitative estimate of drug-likeness (QED) is 0.660. The molecule has 1 unspecified atom stereocenters. The lowest BCUT2D eigenvalue weighted by molar-refractivity contribution is -0.125. The highest BCUT2D eigenvalue weighted by atomic mass is 16.2. The van der Waals surface area contributed by atoms with Crippen LogP contribution in [-0.4, -0.2) is 35.8 Å². The van der Waals surface area contributed by atoms with Crippen molar-refractivity contribution in [2.24, 2.45) is 0 Å². The average molecular weight is 196 g/mol. The number of carbonyl (C=O) groups is 2. The first kappa shape index (κ1) is 10.8. The molecule has 1 aliphatic rings. The Kier molecular flexibility index (Phi) is 3.68. The Labute approximate surface area is 84.0 Å². The van der Waals surface area contributed by atoms with Gasteiger partial charge in [-0.1, -0.05) is 13.5 Å². The molecule has 78 valence electrons. The third-order valence-electron chi connectivity index (χ3n) is 2.36. The van der Waals surface area contributed by atoms with E-state index in [-0.39, 0.29) is 17.9 Å². The van der Waals surface area contributed by atoms with E-state index in [2.05, 4.69) is 11.9 Å². The number of likely N-dealkylation sites (tertiary alicyclic amines) is 1. The fraction of sp³-hybridized carbons (Fsp3) is 0.600. The summed E-state index contributed by atoms with van der Waals surface area (Å²) in [5.74, 6) is -0.0128. The maximum atomic E-state index is 11.2. The molecule has 0 spiro atoms. The normalized spacial score (nSPS) is 20.6. The highest BCUT2D eigenvalue weighted by Crippen LogP contribution is 2.09. The molecule has 4 heteroatoms. The number of hydrogen-bond acceptors (Lipinski definition) is 2. The maximum Gasteiger partial charge on any atom is 0.246 e. The number of carbonyl (C=O) groups excluding carboxylic acids is 2. The van der Waals surface area contributed by atoms with Crippen molar-refractivity contribution in [2.45, 2.75) is 25.8 Å². The van der Waals surface area contributed by atoms with Crippen molar-refractivity contribution < 1.29 is 9.59 Å². The predicted molar refractivity (Wildman–Crippen MR) is 53.6 cm³/mol. The molecule has 0 aromatic carbocycles. The molecule has 1 aliphatic heterocycles. The van der Waals surface area contributed by atoms with Gasteiger partial charge in [-0.15, -0.1) is 0 Å². The van der Waals surface area contributed by atoms with Crippen molar-refractivity contribution in [1.29, 1.82) is 0 Å². The molecule has 1 rings (SSSR count). The van der Waals surface area contributed by atoms with E-state index in [1.54, 1.807) is 4.90 Å². The van der Waals surface area contributed by atoms with Crippen LogP contribution >= 0.6 is 0 Å². The highest BCUT2D eigenvalue weighted by molar-refractivity contribution is 5.87. The Bertz CT molecular complexity index is 251. The molecule has 4 nitrogen and oxygen atoms in total. The summed E-state index contributed by atoms with van der Waals surface area (Å²) >= 11 is 0. The number of amides is 2. The molecule has 14 heavy (non-hydrogen) atoms. The third kappa shape index (κ3) is 2.58. The topological polar surface area (TPSA) is 49.4 Å². The van der Waals surface area contributed by atoms with E-state index in [4.69, 9.17) is 0 Å². The van der Waals surface area contributed by atoms with Crippen LogP contribution in [0.1, 0.15) is 19.8 Å². The van der Waals surface area contributed by atoms with Gasteiger partial charge in [-0.05, 0) is 12.5 Å². The van der Waals surface area contributed by atoms with Crippen LogP contribution in [0.5, 0.6) is 0 Å². The van der Waals surface area contributed by atoms with Crippen LogP contribution in [-0.2, 0) is 9.59 Å². The number of rotatable bonds is 3. The number of nitrogens with zero attached hydrogens (tertiary/aromatic N) is 1. The Morgan fingerprint density at radius 1 is 1.64 bits per heavy atom. The van der Waals surface area contributed by atoms with Gasteiger partial charge >= 0.3 is 0 Å². The lowest BCUT2D eigenvalue weighted by atomic mass is 10.2. The second-order valence-corrected chi connectivity index (χ2v) is 3.40. The summed E-state index contributed by atoms with van der Waals surface area (Å²) in [5, 5.41) is 2.87. The van der Waals surface area contributed by atoms with E-state index in [0.717, 1.165) is 6.42 Å². The van der Waals surface area contributed by atoms with Gasteiger partial charge in [-0.2, -0.15) is 0 Å². The van der Waals surface area contributed by atoms with Crippen LogP contribution in [0.2, 0.25) is 0 Å². The van der Waals surface area contributed by atoms with Crippen LogP contribution in [0.4, 0.5) is 0 Å². The molecule has 1 N–H and O–H groups in total. The van der Waals surface area contributed by atoms with Crippen LogP contribution in [0.25, 0.3) is 0 Å². The van der Waals surface area contributed by atoms with Crippen LogP contribution in [0.15, 0.2) is 12.7 Å². The van der Waals surface area contributed by atoms with Gasteiger partial charge in [-0.3, -0.25) is 9.59 Å². The summed E-state index contributed by atoms with van der Waals surface area (Å²) in [5.41, 5.74) is 0. The fourth-order valence-electron chi connectivity index (χ4n) is 1.54. The van der Waals surface area contributed by atoms with Gasteiger partial charge in [0, 0.05) is 25.6 Å². The second-order valence-electron chi connectivity index (χ2n) is 3.40. The summed E-state index contributed by atoms with van der Waals surface area (Å²) in [7, 11) is 0. The van der Waals surface area contributed by atoms with Crippen molar-refractivity contribution in [3.05, 3.63) is 12.7 Å². The summed E-state index contributed by atoms with van der Waals surface area (Å²) in [6.07, 6.45) is 2.64. The van der Waals surface area contributed by atoms with E-state index in [1.807, 2.05) is 6.92 Å². The van der Waals surface area contributed by atoms with Crippen molar-refractivity contribution in [3.8, 4) is 0 Å². The second kappa shape index (κ2) is 4.79. The van der Waals surface area contributed by atoms with E-state index < -0.39 is 0 Å². The Morgan fingerprint density at radius 3 is 2.93 bits per heavy atom. The minimum absolute atomic E-state index is 0.0444. The van der Waals surface area contributed by atoms with E-state index >= 15 is 0 Å². The van der Waals surface area contributed by atoms with Gasteiger partial charge in [0.25, 0.3) is 0 Å². The minimum Gasteiger partial charge on any atom is -0.352 e. The molecule has 0 aromatic heterocycles. The largest absolute Gasteiger partial charge is 0.352 e. The SMILES string of the molecule is C=CC(=O)N1CCC(NC(=O)CC)C1. The zero-order valence-corrected chi connectivity index (χ0v) is 8.45. The van der Waals surface area contributed by atoms with Gasteiger partial charge < -0.3 is 10.2 Å². The fourth-order valence-corrected chi connectivity index (χ4v) is 1.54. The first-order valence-electron chi connectivity index (χ1n) is 4.88. The van der Waals surface area contributed by atoms with Gasteiger partial charge in [0.05, 0.1) is 0 Å². The van der Waals surface area contributed by atoms with Crippen molar-refractivity contribution >= 4 is 11.8 Å². The molecule has 0 radical (unpaired) electrons. The molecule has 1 atom stereocenters. The molecular weight excluding hydrogens is 180 g/mol. The first-order valence-corrected chi connectivity index (χ1v) is 4.88. The Balaban J connectivity index is 2.37. The minimum atomic E-state index is -0.0572. The predicted octanol–water partition coefficient (Wildman–Crippen LogP) is 0.299. The first-order chi connectivity index (χ1) is 6.67. The summed E-state index contributed by atoms with van der Waals surface area (Å²) < 4.78 is 0. The van der Waals surface area contributed by atoms with Crippen molar-refractivity contribution in [1.82, 2.24) is 10.2 Å². The maximum absolute atomic E-state index is 11.2. The van der Waals surface area contributed by atoms with Gasteiger partial charge in [0.1, 0.15) is 0 Å². The van der Waals surface area contributed by atoms with E-state index in [0.29, 0.717) is 19.5 Å². The van der Waals surface area contributed by atoms with Gasteiger partial charge in [-0.25, -0.2) is 0 Å². The molecular formula is C10H16N2O2. The molecule has 0 saturated carbocycles. The molecule has 1 saturated heterocycles. The van der Waals surface area contributed by atoms with E-state index in [9.17, 15) is 9.59 Å². The summed E-state index contributed by atoms with van der Waals surface area (Å²) in [6.45, 7) is 6.56. The molecule has 0 aromatic rings. The monoisotopic (exact) mass is 196 g/mol. The number of hydrogen-bond donors (Lipinski definition) is 1. The Hall–Kier alpha value is -1.32. The molecule has 0 bridgehead atoms. The summed E-state index contributed by atoms with van der Waals surface area (Å²) in [4.78, 5) is 24.0. The van der Waals surface area contributed by atoms with Gasteiger partial charge in [0.15, 0.2) is 0 Å². The smallest absolute Gasteiger partial charge is 0.246 e. The van der Waals surface area contributed by atoms with Crippen molar-refractivity contribution in [2.75, 3.05) is 13.1 Å². The molecule has 1 fully saturated rings.